The summed E-state index contributed by atoms with van der Waals surface area (Å²) in [7, 11) is -0.686. The van der Waals surface area contributed by atoms with Crippen LogP contribution in [0.25, 0.3) is 11.4 Å². The van der Waals surface area contributed by atoms with Crippen LogP contribution in [0.4, 0.5) is 5.69 Å². The van der Waals surface area contributed by atoms with Crippen molar-refractivity contribution in [3.05, 3.63) is 60.4 Å². The Morgan fingerprint density at radius 2 is 1.73 bits per heavy atom. The fourth-order valence-electron chi connectivity index (χ4n) is 2.33. The van der Waals surface area contributed by atoms with Crippen LogP contribution in [0.3, 0.4) is 0 Å². The molecular weight excluding hydrogens is 356 g/mol. The van der Waals surface area contributed by atoms with E-state index in [1.807, 2.05) is 7.05 Å². The first kappa shape index (κ1) is 17.6. The largest absolute Gasteiger partial charge is 0.465 e. The molecule has 3 aromatic rings. The van der Waals surface area contributed by atoms with Crippen molar-refractivity contribution < 1.29 is 17.9 Å². The van der Waals surface area contributed by atoms with Crippen molar-refractivity contribution in [2.24, 2.45) is 7.05 Å². The van der Waals surface area contributed by atoms with Gasteiger partial charge in [0.05, 0.1) is 17.6 Å². The van der Waals surface area contributed by atoms with Crippen LogP contribution < -0.4 is 4.72 Å². The first-order valence-corrected chi connectivity index (χ1v) is 9.04. The average molecular weight is 372 g/mol. The van der Waals surface area contributed by atoms with E-state index >= 15 is 0 Å². The van der Waals surface area contributed by atoms with Crippen LogP contribution in [0.5, 0.6) is 0 Å². The molecule has 2 aromatic carbocycles. The summed E-state index contributed by atoms with van der Waals surface area (Å²) in [6.07, 6.45) is 1.59. The third-order valence-electron chi connectivity index (χ3n) is 3.69. The Labute approximate surface area is 150 Å². The zero-order chi connectivity index (χ0) is 18.7. The van der Waals surface area contributed by atoms with E-state index in [-0.39, 0.29) is 10.5 Å². The normalized spacial score (nSPS) is 11.2. The number of benzene rings is 2. The summed E-state index contributed by atoms with van der Waals surface area (Å²) >= 11 is 0. The summed E-state index contributed by atoms with van der Waals surface area (Å²) in [6.45, 7) is 0. The monoisotopic (exact) mass is 372 g/mol. The molecule has 0 bridgehead atoms. The molecule has 1 aromatic heterocycles. The minimum Gasteiger partial charge on any atom is -0.465 e. The van der Waals surface area contributed by atoms with Crippen molar-refractivity contribution in [1.82, 2.24) is 14.8 Å². The lowest BCUT2D eigenvalue weighted by atomic mass is 10.2. The van der Waals surface area contributed by atoms with Crippen molar-refractivity contribution in [2.75, 3.05) is 11.8 Å². The van der Waals surface area contributed by atoms with E-state index in [2.05, 4.69) is 19.7 Å². The average Bonchev–Trinajstić information content (AvgIpc) is 3.07. The predicted octanol–water partition coefficient (Wildman–Crippen LogP) is 2.07. The van der Waals surface area contributed by atoms with Gasteiger partial charge in [0.25, 0.3) is 10.0 Å². The summed E-state index contributed by atoms with van der Waals surface area (Å²) in [5.41, 5.74) is 1.50. The number of hydrogen-bond donors (Lipinski definition) is 1. The maximum absolute atomic E-state index is 12.5. The molecule has 0 saturated carbocycles. The third-order valence-corrected chi connectivity index (χ3v) is 5.09. The lowest BCUT2D eigenvalue weighted by Crippen LogP contribution is -2.13. The van der Waals surface area contributed by atoms with Gasteiger partial charge in [-0.25, -0.2) is 13.2 Å². The quantitative estimate of drug-likeness (QED) is 0.688. The number of ether oxygens (including phenoxy) is 1. The number of aromatic nitrogens is 3. The van der Waals surface area contributed by atoms with Crippen LogP contribution in [-0.4, -0.2) is 36.3 Å². The number of carbonyl (C=O) groups is 1. The van der Waals surface area contributed by atoms with Crippen LogP contribution in [-0.2, 0) is 21.8 Å². The number of methoxy groups -OCH3 is 1. The lowest BCUT2D eigenvalue weighted by Gasteiger charge is -2.09. The van der Waals surface area contributed by atoms with Gasteiger partial charge in [0.1, 0.15) is 6.33 Å². The molecule has 134 valence electrons. The second-order valence-corrected chi connectivity index (χ2v) is 7.15. The molecule has 1 N–H and O–H groups in total. The number of anilines is 1. The zero-order valence-electron chi connectivity index (χ0n) is 14.1. The smallest absolute Gasteiger partial charge is 0.337 e. The number of aryl methyl sites for hydroxylation is 1. The molecule has 0 aliphatic rings. The number of nitrogens with zero attached hydrogens (tertiary/aromatic N) is 3. The highest BCUT2D eigenvalue weighted by Crippen LogP contribution is 2.21. The van der Waals surface area contributed by atoms with Crippen LogP contribution in [0.2, 0.25) is 0 Å². The minimum absolute atomic E-state index is 0.0440. The van der Waals surface area contributed by atoms with Gasteiger partial charge < -0.3 is 9.30 Å². The zero-order valence-corrected chi connectivity index (χ0v) is 14.9. The molecule has 0 saturated heterocycles. The summed E-state index contributed by atoms with van der Waals surface area (Å²) in [4.78, 5) is 11.5. The Morgan fingerprint density at radius 3 is 2.27 bits per heavy atom. The fraction of sp³-hybridized carbons (Fsp3) is 0.118. The van der Waals surface area contributed by atoms with Crippen LogP contribution in [0.1, 0.15) is 10.4 Å². The first-order valence-electron chi connectivity index (χ1n) is 7.56. The third kappa shape index (κ3) is 3.57. The number of rotatable bonds is 5. The Kier molecular flexibility index (Phi) is 4.72. The molecule has 3 rings (SSSR count). The van der Waals surface area contributed by atoms with Crippen molar-refractivity contribution in [3.8, 4) is 11.4 Å². The molecule has 0 unspecified atom stereocenters. The molecule has 26 heavy (non-hydrogen) atoms. The van der Waals surface area contributed by atoms with Gasteiger partial charge >= 0.3 is 5.97 Å². The Balaban J connectivity index is 1.79. The van der Waals surface area contributed by atoms with Gasteiger partial charge in [-0.05, 0) is 48.5 Å². The number of sulfonamides is 1. The standard InChI is InChI=1S/C17H16N4O4S/c1-21-11-18-19-16(21)12-3-7-14(8-4-12)20-26(23,24)15-9-5-13(6-10-15)17(22)25-2/h3-11,20H,1-2H3. The number of hydrogen-bond acceptors (Lipinski definition) is 6. The Bertz CT molecular complexity index is 1030. The molecule has 8 nitrogen and oxygen atoms in total. The Hall–Kier alpha value is -3.20. The van der Waals surface area contributed by atoms with Crippen LogP contribution in [0, 0.1) is 0 Å². The van der Waals surface area contributed by atoms with Gasteiger partial charge in [-0.3, -0.25) is 4.72 Å². The SMILES string of the molecule is COC(=O)c1ccc(S(=O)(=O)Nc2ccc(-c3nncn3C)cc2)cc1. The fourth-order valence-corrected chi connectivity index (χ4v) is 3.39. The van der Waals surface area contributed by atoms with E-state index < -0.39 is 16.0 Å². The van der Waals surface area contributed by atoms with Gasteiger partial charge in [-0.2, -0.15) is 0 Å². The molecule has 0 atom stereocenters. The first-order chi connectivity index (χ1) is 12.4. The van der Waals surface area contributed by atoms with Gasteiger partial charge in [-0.1, -0.05) is 0 Å². The minimum atomic E-state index is -3.77. The van der Waals surface area contributed by atoms with Gasteiger partial charge in [0, 0.05) is 18.3 Å². The summed E-state index contributed by atoms with van der Waals surface area (Å²) in [6, 6.07) is 12.3. The predicted molar refractivity (Wildman–Crippen MR) is 95.0 cm³/mol. The maximum atomic E-state index is 12.5. The van der Waals surface area contributed by atoms with Crippen molar-refractivity contribution in [3.63, 3.8) is 0 Å². The molecule has 0 spiro atoms. The van der Waals surface area contributed by atoms with Crippen molar-refractivity contribution >= 4 is 21.7 Å². The second-order valence-electron chi connectivity index (χ2n) is 5.46. The van der Waals surface area contributed by atoms with Gasteiger partial charge in [-0.15, -0.1) is 10.2 Å². The van der Waals surface area contributed by atoms with E-state index in [1.165, 1.54) is 31.4 Å². The molecule has 0 amide bonds. The highest BCUT2D eigenvalue weighted by molar-refractivity contribution is 7.92. The van der Waals surface area contributed by atoms with E-state index in [0.29, 0.717) is 11.5 Å². The summed E-state index contributed by atoms with van der Waals surface area (Å²) < 4.78 is 33.8. The number of nitrogens with one attached hydrogen (secondary N) is 1. The highest BCUT2D eigenvalue weighted by Gasteiger charge is 2.15. The van der Waals surface area contributed by atoms with Crippen LogP contribution in [0.15, 0.2) is 59.8 Å². The maximum Gasteiger partial charge on any atom is 0.337 e. The van der Waals surface area contributed by atoms with Gasteiger partial charge in [0.15, 0.2) is 5.82 Å². The molecule has 0 fully saturated rings. The lowest BCUT2D eigenvalue weighted by molar-refractivity contribution is 0.0600. The van der Waals surface area contributed by atoms with Crippen LogP contribution >= 0.6 is 0 Å². The molecule has 0 aliphatic heterocycles. The van der Waals surface area contributed by atoms with Crippen molar-refractivity contribution in [2.45, 2.75) is 4.90 Å². The molecule has 0 aliphatic carbocycles. The van der Waals surface area contributed by atoms with E-state index in [0.717, 1.165) is 5.56 Å². The van der Waals surface area contributed by atoms with Crippen molar-refractivity contribution in [1.29, 1.82) is 0 Å². The highest BCUT2D eigenvalue weighted by atomic mass is 32.2. The van der Waals surface area contributed by atoms with E-state index in [1.54, 1.807) is 35.2 Å². The molecular formula is C17H16N4O4S. The van der Waals surface area contributed by atoms with Gasteiger partial charge in [0.2, 0.25) is 0 Å². The summed E-state index contributed by atoms with van der Waals surface area (Å²) in [5.74, 6) is 0.152. The van der Waals surface area contributed by atoms with E-state index in [9.17, 15) is 13.2 Å². The number of carbonyl (C=O) groups excluding carboxylic acids is 1. The topological polar surface area (TPSA) is 103 Å². The molecule has 0 radical (unpaired) electrons. The molecule has 9 heteroatoms. The molecule has 1 heterocycles. The summed E-state index contributed by atoms with van der Waals surface area (Å²) in [5, 5.41) is 7.82. The Morgan fingerprint density at radius 1 is 1.08 bits per heavy atom. The second kappa shape index (κ2) is 6.96. The number of esters is 1. The van der Waals surface area contributed by atoms with E-state index in [4.69, 9.17) is 0 Å².